The van der Waals surface area contributed by atoms with Crippen LogP contribution in [0.4, 0.5) is 17.1 Å². The Kier molecular flexibility index (Phi) is 2.91. The fourth-order valence-electron chi connectivity index (χ4n) is 2.30. The molecule has 0 radical (unpaired) electrons. The number of benzene rings is 2. The van der Waals surface area contributed by atoms with Gasteiger partial charge in [0, 0.05) is 10.7 Å². The van der Waals surface area contributed by atoms with Crippen LogP contribution in [0.3, 0.4) is 0 Å². The van der Waals surface area contributed by atoms with Crippen molar-refractivity contribution < 1.29 is 4.79 Å². The molecule has 1 amide bonds. The molecule has 3 nitrogen and oxygen atoms in total. The monoisotopic (exact) mass is 272 g/mol. The summed E-state index contributed by atoms with van der Waals surface area (Å²) in [5, 5.41) is 3.62. The molecule has 4 heteroatoms. The topological polar surface area (TPSA) is 32.3 Å². The van der Waals surface area contributed by atoms with E-state index in [1.807, 2.05) is 54.3 Å². The van der Waals surface area contributed by atoms with Gasteiger partial charge in [-0.05, 0) is 42.8 Å². The Bertz CT molecular complexity index is 637. The van der Waals surface area contributed by atoms with Crippen LogP contribution in [0.5, 0.6) is 0 Å². The Balaban J connectivity index is 2.11. The first-order valence-corrected chi connectivity index (χ1v) is 6.45. The summed E-state index contributed by atoms with van der Waals surface area (Å²) in [6.07, 6.45) is 0. The van der Waals surface area contributed by atoms with E-state index in [9.17, 15) is 4.79 Å². The molecule has 0 aromatic heterocycles. The SMILES string of the molecule is Cc1cccc2c1NC(=O)CN2c1ccc(Cl)cc1. The van der Waals surface area contributed by atoms with Gasteiger partial charge in [0.05, 0.1) is 11.4 Å². The van der Waals surface area contributed by atoms with E-state index >= 15 is 0 Å². The van der Waals surface area contributed by atoms with Crippen LogP contribution in [0.15, 0.2) is 42.5 Å². The van der Waals surface area contributed by atoms with Gasteiger partial charge in [0.1, 0.15) is 6.54 Å². The average molecular weight is 273 g/mol. The predicted molar refractivity (Wildman–Crippen MR) is 78.3 cm³/mol. The van der Waals surface area contributed by atoms with Gasteiger partial charge in [-0.3, -0.25) is 4.79 Å². The average Bonchev–Trinajstić information content (AvgIpc) is 2.40. The highest BCUT2D eigenvalue weighted by atomic mass is 35.5. The molecule has 0 fully saturated rings. The molecule has 0 bridgehead atoms. The Morgan fingerprint density at radius 1 is 1.16 bits per heavy atom. The standard InChI is InChI=1S/C15H13ClN2O/c1-10-3-2-4-13-15(10)17-14(19)9-18(13)12-7-5-11(16)6-8-12/h2-8H,9H2,1H3,(H,17,19). The lowest BCUT2D eigenvalue weighted by Gasteiger charge is -2.31. The second-order valence-electron chi connectivity index (χ2n) is 4.58. The molecule has 19 heavy (non-hydrogen) atoms. The van der Waals surface area contributed by atoms with E-state index in [0.29, 0.717) is 11.6 Å². The summed E-state index contributed by atoms with van der Waals surface area (Å²) in [5.41, 5.74) is 3.92. The zero-order valence-corrected chi connectivity index (χ0v) is 11.2. The third-order valence-electron chi connectivity index (χ3n) is 3.25. The minimum absolute atomic E-state index is 0.00301. The first-order valence-electron chi connectivity index (χ1n) is 6.08. The normalized spacial score (nSPS) is 14.0. The summed E-state index contributed by atoms with van der Waals surface area (Å²) >= 11 is 5.91. The molecule has 0 saturated heterocycles. The highest BCUT2D eigenvalue weighted by Crippen LogP contribution is 2.37. The Labute approximate surface area is 116 Å². The van der Waals surface area contributed by atoms with Crippen molar-refractivity contribution >= 4 is 34.6 Å². The van der Waals surface area contributed by atoms with Crippen LogP contribution < -0.4 is 10.2 Å². The minimum Gasteiger partial charge on any atom is -0.330 e. The molecule has 0 aliphatic carbocycles. The van der Waals surface area contributed by atoms with Crippen molar-refractivity contribution in [3.63, 3.8) is 0 Å². The molecule has 1 aliphatic rings. The van der Waals surface area contributed by atoms with Crippen molar-refractivity contribution in [2.45, 2.75) is 6.92 Å². The lowest BCUT2D eigenvalue weighted by molar-refractivity contribution is -0.115. The Hall–Kier alpha value is -2.00. The number of hydrogen-bond acceptors (Lipinski definition) is 2. The molecular formula is C15H13ClN2O. The van der Waals surface area contributed by atoms with Crippen molar-refractivity contribution in [3.05, 3.63) is 53.1 Å². The molecule has 2 aromatic carbocycles. The van der Waals surface area contributed by atoms with Gasteiger partial charge < -0.3 is 10.2 Å². The summed E-state index contributed by atoms with van der Waals surface area (Å²) in [5.74, 6) is -0.00301. The third-order valence-corrected chi connectivity index (χ3v) is 3.50. The van der Waals surface area contributed by atoms with Gasteiger partial charge in [-0.15, -0.1) is 0 Å². The van der Waals surface area contributed by atoms with Gasteiger partial charge in [0.2, 0.25) is 5.91 Å². The van der Waals surface area contributed by atoms with E-state index in [1.165, 1.54) is 0 Å². The number of carbonyl (C=O) groups excluding carboxylic acids is 1. The van der Waals surface area contributed by atoms with Crippen LogP contribution in [-0.2, 0) is 4.79 Å². The summed E-state index contributed by atoms with van der Waals surface area (Å²) in [4.78, 5) is 13.8. The van der Waals surface area contributed by atoms with Gasteiger partial charge in [-0.1, -0.05) is 23.7 Å². The van der Waals surface area contributed by atoms with Crippen LogP contribution in [0.25, 0.3) is 0 Å². The fraction of sp³-hybridized carbons (Fsp3) is 0.133. The Morgan fingerprint density at radius 3 is 2.63 bits per heavy atom. The molecule has 96 valence electrons. The molecule has 1 heterocycles. The van der Waals surface area contributed by atoms with Crippen molar-refractivity contribution in [2.24, 2.45) is 0 Å². The molecule has 1 aliphatic heterocycles. The number of anilines is 3. The summed E-state index contributed by atoms with van der Waals surface area (Å²) in [6, 6.07) is 13.5. The lowest BCUT2D eigenvalue weighted by atomic mass is 10.1. The second kappa shape index (κ2) is 4.59. The first kappa shape index (κ1) is 12.1. The van der Waals surface area contributed by atoms with Crippen LogP contribution in [0.1, 0.15) is 5.56 Å². The number of nitrogens with zero attached hydrogens (tertiary/aromatic N) is 1. The quantitative estimate of drug-likeness (QED) is 0.858. The smallest absolute Gasteiger partial charge is 0.244 e. The zero-order chi connectivity index (χ0) is 13.4. The number of aryl methyl sites for hydroxylation is 1. The van der Waals surface area contributed by atoms with Crippen molar-refractivity contribution in [2.75, 3.05) is 16.8 Å². The molecule has 0 saturated carbocycles. The number of hydrogen-bond donors (Lipinski definition) is 1. The first-order chi connectivity index (χ1) is 9.15. The van der Waals surface area contributed by atoms with Crippen LogP contribution in [-0.4, -0.2) is 12.5 Å². The van der Waals surface area contributed by atoms with E-state index in [-0.39, 0.29) is 5.91 Å². The number of fused-ring (bicyclic) bond motifs is 1. The fourth-order valence-corrected chi connectivity index (χ4v) is 2.42. The number of carbonyl (C=O) groups is 1. The van der Waals surface area contributed by atoms with E-state index < -0.39 is 0 Å². The van der Waals surface area contributed by atoms with Crippen molar-refractivity contribution in [1.29, 1.82) is 0 Å². The van der Waals surface area contributed by atoms with E-state index in [0.717, 1.165) is 22.6 Å². The number of amides is 1. The highest BCUT2D eigenvalue weighted by molar-refractivity contribution is 6.30. The van der Waals surface area contributed by atoms with Gasteiger partial charge in [0.25, 0.3) is 0 Å². The van der Waals surface area contributed by atoms with Gasteiger partial charge in [-0.2, -0.15) is 0 Å². The largest absolute Gasteiger partial charge is 0.330 e. The second-order valence-corrected chi connectivity index (χ2v) is 5.02. The summed E-state index contributed by atoms with van der Waals surface area (Å²) in [6.45, 7) is 2.31. The number of rotatable bonds is 1. The van der Waals surface area contributed by atoms with Crippen molar-refractivity contribution in [1.82, 2.24) is 0 Å². The number of para-hydroxylation sites is 1. The minimum atomic E-state index is -0.00301. The molecule has 0 unspecified atom stereocenters. The van der Waals surface area contributed by atoms with Gasteiger partial charge in [0.15, 0.2) is 0 Å². The molecule has 2 aromatic rings. The zero-order valence-electron chi connectivity index (χ0n) is 10.5. The number of nitrogens with one attached hydrogen (secondary N) is 1. The Morgan fingerprint density at radius 2 is 1.89 bits per heavy atom. The van der Waals surface area contributed by atoms with E-state index in [2.05, 4.69) is 5.32 Å². The van der Waals surface area contributed by atoms with Crippen LogP contribution >= 0.6 is 11.6 Å². The van der Waals surface area contributed by atoms with E-state index in [4.69, 9.17) is 11.6 Å². The van der Waals surface area contributed by atoms with Crippen LogP contribution in [0, 0.1) is 6.92 Å². The maximum absolute atomic E-state index is 11.8. The predicted octanol–water partition coefficient (Wildman–Crippen LogP) is 3.74. The molecular weight excluding hydrogens is 260 g/mol. The summed E-state index contributed by atoms with van der Waals surface area (Å²) in [7, 11) is 0. The number of halogens is 1. The lowest BCUT2D eigenvalue weighted by Crippen LogP contribution is -2.35. The molecule has 3 rings (SSSR count). The molecule has 0 atom stereocenters. The van der Waals surface area contributed by atoms with Crippen molar-refractivity contribution in [3.8, 4) is 0 Å². The maximum Gasteiger partial charge on any atom is 0.244 e. The van der Waals surface area contributed by atoms with Crippen LogP contribution in [0.2, 0.25) is 5.02 Å². The summed E-state index contributed by atoms with van der Waals surface area (Å²) < 4.78 is 0. The maximum atomic E-state index is 11.8. The molecule has 1 N–H and O–H groups in total. The van der Waals surface area contributed by atoms with E-state index in [1.54, 1.807) is 0 Å². The third kappa shape index (κ3) is 2.17. The van der Waals surface area contributed by atoms with Gasteiger partial charge in [-0.25, -0.2) is 0 Å². The molecule has 0 spiro atoms. The van der Waals surface area contributed by atoms with Gasteiger partial charge >= 0.3 is 0 Å². The highest BCUT2D eigenvalue weighted by Gasteiger charge is 2.23.